The minimum Gasteiger partial charge on any atom is -0.324 e. The van der Waals surface area contributed by atoms with Crippen LogP contribution >= 0.6 is 15.9 Å². The molecule has 0 aromatic heterocycles. The molecule has 0 spiro atoms. The second kappa shape index (κ2) is 3.32. The quantitative estimate of drug-likeness (QED) is 0.770. The highest BCUT2D eigenvalue weighted by Gasteiger charge is 2.04. The fourth-order valence-electron chi connectivity index (χ4n) is 0.864. The molecular formula is C8H9BrFN. The molecule has 3 heteroatoms. The van der Waals surface area contributed by atoms with E-state index in [0.717, 1.165) is 10.0 Å². The van der Waals surface area contributed by atoms with Crippen LogP contribution in [-0.4, -0.2) is 0 Å². The number of halogens is 2. The van der Waals surface area contributed by atoms with Gasteiger partial charge in [0.1, 0.15) is 5.82 Å². The van der Waals surface area contributed by atoms with Gasteiger partial charge in [0.15, 0.2) is 0 Å². The number of nitrogens with two attached hydrogens (primary N) is 1. The lowest BCUT2D eigenvalue weighted by Crippen LogP contribution is -2.05. The molecule has 0 saturated heterocycles. The minimum atomic E-state index is -0.250. The molecule has 0 aliphatic carbocycles. The topological polar surface area (TPSA) is 26.0 Å². The number of hydrogen-bond donors (Lipinski definition) is 1. The average molecular weight is 218 g/mol. The first-order valence-electron chi connectivity index (χ1n) is 3.32. The summed E-state index contributed by atoms with van der Waals surface area (Å²) in [7, 11) is 0. The van der Waals surface area contributed by atoms with Crippen LogP contribution in [0.25, 0.3) is 0 Å². The van der Waals surface area contributed by atoms with Crippen molar-refractivity contribution in [1.29, 1.82) is 0 Å². The fraction of sp³-hybridized carbons (Fsp3) is 0.250. The molecule has 60 valence electrons. The Morgan fingerprint density at radius 2 is 2.18 bits per heavy atom. The van der Waals surface area contributed by atoms with Crippen LogP contribution < -0.4 is 5.73 Å². The van der Waals surface area contributed by atoms with E-state index in [2.05, 4.69) is 15.9 Å². The van der Waals surface area contributed by atoms with Gasteiger partial charge in [-0.2, -0.15) is 0 Å². The molecule has 11 heavy (non-hydrogen) atoms. The van der Waals surface area contributed by atoms with Gasteiger partial charge in [-0.15, -0.1) is 0 Å². The molecule has 1 rings (SSSR count). The van der Waals surface area contributed by atoms with Gasteiger partial charge in [-0.3, -0.25) is 0 Å². The van der Waals surface area contributed by atoms with E-state index >= 15 is 0 Å². The fourth-order valence-corrected chi connectivity index (χ4v) is 1.47. The molecule has 1 aromatic rings. The summed E-state index contributed by atoms with van der Waals surface area (Å²) in [6.45, 7) is 1.82. The molecule has 0 amide bonds. The standard InChI is InChI=1S/C8H9BrFN/c1-5(11)7-4-6(10)2-3-8(7)9/h2-5H,11H2,1H3/t5-/m0/s1. The van der Waals surface area contributed by atoms with Crippen LogP contribution in [-0.2, 0) is 0 Å². The normalized spacial score (nSPS) is 13.1. The van der Waals surface area contributed by atoms with Crippen molar-refractivity contribution in [2.75, 3.05) is 0 Å². The summed E-state index contributed by atoms with van der Waals surface area (Å²) in [5.74, 6) is -0.250. The molecular weight excluding hydrogens is 209 g/mol. The van der Waals surface area contributed by atoms with E-state index in [1.54, 1.807) is 6.07 Å². The molecule has 1 aromatic carbocycles. The molecule has 2 N–H and O–H groups in total. The van der Waals surface area contributed by atoms with Crippen molar-refractivity contribution in [3.05, 3.63) is 34.1 Å². The first kappa shape index (κ1) is 8.68. The Morgan fingerprint density at radius 1 is 1.55 bits per heavy atom. The van der Waals surface area contributed by atoms with Crippen LogP contribution in [0, 0.1) is 5.82 Å². The van der Waals surface area contributed by atoms with Crippen molar-refractivity contribution in [3.63, 3.8) is 0 Å². The zero-order valence-corrected chi connectivity index (χ0v) is 7.73. The second-order valence-corrected chi connectivity index (χ2v) is 3.31. The van der Waals surface area contributed by atoms with Gasteiger partial charge in [0.25, 0.3) is 0 Å². The van der Waals surface area contributed by atoms with Crippen molar-refractivity contribution in [1.82, 2.24) is 0 Å². The Morgan fingerprint density at radius 3 is 2.64 bits per heavy atom. The van der Waals surface area contributed by atoms with E-state index in [-0.39, 0.29) is 11.9 Å². The molecule has 0 fully saturated rings. The van der Waals surface area contributed by atoms with Gasteiger partial charge in [-0.25, -0.2) is 4.39 Å². The summed E-state index contributed by atoms with van der Waals surface area (Å²) < 4.78 is 13.5. The molecule has 0 saturated carbocycles. The van der Waals surface area contributed by atoms with E-state index in [0.29, 0.717) is 0 Å². The number of benzene rings is 1. The molecule has 0 aliphatic rings. The summed E-state index contributed by atoms with van der Waals surface area (Å²) in [6, 6.07) is 4.36. The molecule has 0 heterocycles. The lowest BCUT2D eigenvalue weighted by molar-refractivity contribution is 0.621. The molecule has 1 atom stereocenters. The number of hydrogen-bond acceptors (Lipinski definition) is 1. The highest BCUT2D eigenvalue weighted by Crippen LogP contribution is 2.22. The minimum absolute atomic E-state index is 0.139. The Balaban J connectivity index is 3.13. The van der Waals surface area contributed by atoms with Crippen LogP contribution in [0.3, 0.4) is 0 Å². The predicted molar refractivity (Wildman–Crippen MR) is 46.7 cm³/mol. The second-order valence-electron chi connectivity index (χ2n) is 2.45. The first-order valence-corrected chi connectivity index (χ1v) is 4.11. The average Bonchev–Trinajstić information content (AvgIpc) is 1.94. The van der Waals surface area contributed by atoms with Crippen molar-refractivity contribution < 1.29 is 4.39 Å². The third-order valence-corrected chi connectivity index (χ3v) is 2.17. The summed E-state index contributed by atoms with van der Waals surface area (Å²) >= 11 is 3.28. The number of rotatable bonds is 1. The molecule has 1 nitrogen and oxygen atoms in total. The summed E-state index contributed by atoms with van der Waals surface area (Å²) in [5, 5.41) is 0. The molecule has 0 unspecified atom stereocenters. The molecule has 0 bridgehead atoms. The Labute approximate surface area is 73.5 Å². The maximum Gasteiger partial charge on any atom is 0.123 e. The summed E-state index contributed by atoms with van der Waals surface area (Å²) in [4.78, 5) is 0. The third kappa shape index (κ3) is 2.01. The Bertz CT molecular complexity index is 260. The third-order valence-electron chi connectivity index (χ3n) is 1.45. The lowest BCUT2D eigenvalue weighted by Gasteiger charge is -2.07. The maximum absolute atomic E-state index is 12.6. The van der Waals surface area contributed by atoms with Crippen molar-refractivity contribution in [2.45, 2.75) is 13.0 Å². The van der Waals surface area contributed by atoms with Crippen LogP contribution in [0.2, 0.25) is 0 Å². The van der Waals surface area contributed by atoms with Crippen molar-refractivity contribution in [2.24, 2.45) is 5.73 Å². The van der Waals surface area contributed by atoms with Gasteiger partial charge in [0.2, 0.25) is 0 Å². The SMILES string of the molecule is C[C@H](N)c1cc(F)ccc1Br. The van der Waals surface area contributed by atoms with Crippen molar-refractivity contribution >= 4 is 15.9 Å². The molecule has 0 aliphatic heterocycles. The van der Waals surface area contributed by atoms with E-state index in [9.17, 15) is 4.39 Å². The smallest absolute Gasteiger partial charge is 0.123 e. The highest BCUT2D eigenvalue weighted by atomic mass is 79.9. The van der Waals surface area contributed by atoms with Gasteiger partial charge in [-0.05, 0) is 30.7 Å². The maximum atomic E-state index is 12.6. The van der Waals surface area contributed by atoms with Gasteiger partial charge in [0.05, 0.1) is 0 Å². The predicted octanol–water partition coefficient (Wildman–Crippen LogP) is 2.61. The van der Waals surface area contributed by atoms with Gasteiger partial charge in [-0.1, -0.05) is 15.9 Å². The van der Waals surface area contributed by atoms with Crippen molar-refractivity contribution in [3.8, 4) is 0 Å². The van der Waals surface area contributed by atoms with Gasteiger partial charge < -0.3 is 5.73 Å². The van der Waals surface area contributed by atoms with Crippen LogP contribution in [0.5, 0.6) is 0 Å². The van der Waals surface area contributed by atoms with E-state index in [1.807, 2.05) is 6.92 Å². The summed E-state index contributed by atoms with van der Waals surface area (Å²) in [5.41, 5.74) is 6.38. The highest BCUT2D eigenvalue weighted by molar-refractivity contribution is 9.10. The lowest BCUT2D eigenvalue weighted by atomic mass is 10.1. The van der Waals surface area contributed by atoms with Gasteiger partial charge in [0, 0.05) is 10.5 Å². The Kier molecular flexibility index (Phi) is 2.62. The summed E-state index contributed by atoms with van der Waals surface area (Å²) in [6.07, 6.45) is 0. The van der Waals surface area contributed by atoms with Crippen LogP contribution in [0.1, 0.15) is 18.5 Å². The van der Waals surface area contributed by atoms with Gasteiger partial charge >= 0.3 is 0 Å². The Hall–Kier alpha value is -0.410. The first-order chi connectivity index (χ1) is 5.11. The van der Waals surface area contributed by atoms with Crippen LogP contribution in [0.15, 0.2) is 22.7 Å². The van der Waals surface area contributed by atoms with E-state index in [4.69, 9.17) is 5.73 Å². The monoisotopic (exact) mass is 217 g/mol. The zero-order chi connectivity index (χ0) is 8.43. The van der Waals surface area contributed by atoms with E-state index < -0.39 is 0 Å². The largest absolute Gasteiger partial charge is 0.324 e. The zero-order valence-electron chi connectivity index (χ0n) is 6.14. The van der Waals surface area contributed by atoms with E-state index in [1.165, 1.54) is 12.1 Å². The van der Waals surface area contributed by atoms with Crippen LogP contribution in [0.4, 0.5) is 4.39 Å². The molecule has 0 radical (unpaired) electrons.